The van der Waals surface area contributed by atoms with Gasteiger partial charge in [-0.25, -0.2) is 0 Å². The quantitative estimate of drug-likeness (QED) is 0.577. The van der Waals surface area contributed by atoms with Crippen LogP contribution in [-0.4, -0.2) is 22.9 Å². The summed E-state index contributed by atoms with van der Waals surface area (Å²) in [5.41, 5.74) is -0.523. The van der Waals surface area contributed by atoms with Gasteiger partial charge >= 0.3 is 5.97 Å². The minimum Gasteiger partial charge on any atom is -0.481 e. The van der Waals surface area contributed by atoms with Crippen molar-refractivity contribution in [3.05, 3.63) is 0 Å². The Balaban J connectivity index is 2.52. The van der Waals surface area contributed by atoms with Gasteiger partial charge in [-0.1, -0.05) is 19.0 Å². The summed E-state index contributed by atoms with van der Waals surface area (Å²) in [7, 11) is 0. The molecule has 2 atom stereocenters. The standard InChI is InChI=1S/C11H19NO3/c1-10(2,3)15-12-6-7-8(9(13)14)11(7,4)5/h6-8H,1-5H3,(H,13,14)/t7-,8-/m0/s1. The van der Waals surface area contributed by atoms with Crippen molar-refractivity contribution in [2.45, 2.75) is 40.2 Å². The van der Waals surface area contributed by atoms with Crippen LogP contribution in [0.15, 0.2) is 5.16 Å². The monoisotopic (exact) mass is 213 g/mol. The van der Waals surface area contributed by atoms with Gasteiger partial charge in [0.05, 0.1) is 5.92 Å². The first-order valence-corrected chi connectivity index (χ1v) is 5.11. The van der Waals surface area contributed by atoms with Gasteiger partial charge in [0.2, 0.25) is 0 Å². The molecule has 1 aliphatic rings. The number of aliphatic carboxylic acids is 1. The van der Waals surface area contributed by atoms with Crippen LogP contribution in [0.25, 0.3) is 0 Å². The minimum atomic E-state index is -0.757. The molecule has 1 saturated carbocycles. The molecular weight excluding hydrogens is 194 g/mol. The summed E-state index contributed by atoms with van der Waals surface area (Å²) in [6.07, 6.45) is 1.62. The molecule has 0 aromatic carbocycles. The third kappa shape index (κ3) is 2.70. The third-order valence-corrected chi connectivity index (χ3v) is 2.72. The molecule has 0 spiro atoms. The van der Waals surface area contributed by atoms with Crippen LogP contribution in [0.1, 0.15) is 34.6 Å². The lowest BCUT2D eigenvalue weighted by molar-refractivity contribution is -0.139. The largest absolute Gasteiger partial charge is 0.481 e. The van der Waals surface area contributed by atoms with Crippen LogP contribution in [0, 0.1) is 17.3 Å². The van der Waals surface area contributed by atoms with Crippen LogP contribution in [-0.2, 0) is 9.63 Å². The number of hydrogen-bond acceptors (Lipinski definition) is 3. The van der Waals surface area contributed by atoms with E-state index in [1.807, 2.05) is 34.6 Å². The summed E-state index contributed by atoms with van der Waals surface area (Å²) in [5.74, 6) is -1.10. The van der Waals surface area contributed by atoms with E-state index in [1.54, 1.807) is 6.21 Å². The number of carboxylic acids is 1. The number of carboxylic acid groups (broad SMARTS) is 1. The van der Waals surface area contributed by atoms with Crippen molar-refractivity contribution in [1.29, 1.82) is 0 Å². The van der Waals surface area contributed by atoms with Crippen molar-refractivity contribution in [2.24, 2.45) is 22.4 Å². The van der Waals surface area contributed by atoms with Gasteiger partial charge < -0.3 is 9.94 Å². The molecule has 86 valence electrons. The second kappa shape index (κ2) is 3.51. The van der Waals surface area contributed by atoms with E-state index in [2.05, 4.69) is 5.16 Å². The predicted molar refractivity (Wildman–Crippen MR) is 57.7 cm³/mol. The normalized spacial score (nSPS) is 29.1. The number of hydrogen-bond donors (Lipinski definition) is 1. The Morgan fingerprint density at radius 2 is 2.00 bits per heavy atom. The molecule has 0 aromatic rings. The lowest BCUT2D eigenvalue weighted by Gasteiger charge is -2.14. The summed E-state index contributed by atoms with van der Waals surface area (Å²) in [4.78, 5) is 16.0. The van der Waals surface area contributed by atoms with E-state index in [4.69, 9.17) is 9.94 Å². The van der Waals surface area contributed by atoms with Crippen LogP contribution in [0.3, 0.4) is 0 Å². The highest BCUT2D eigenvalue weighted by Gasteiger charge is 2.61. The number of rotatable bonds is 3. The molecule has 0 aliphatic heterocycles. The van der Waals surface area contributed by atoms with Gasteiger partial charge in [-0.2, -0.15) is 0 Å². The molecule has 0 heterocycles. The summed E-state index contributed by atoms with van der Waals surface area (Å²) in [6, 6.07) is 0. The molecule has 0 aromatic heterocycles. The van der Waals surface area contributed by atoms with Gasteiger partial charge in [0, 0.05) is 12.1 Å². The fourth-order valence-electron chi connectivity index (χ4n) is 1.68. The molecule has 1 N–H and O–H groups in total. The van der Waals surface area contributed by atoms with Gasteiger partial charge in [-0.3, -0.25) is 4.79 Å². The van der Waals surface area contributed by atoms with Crippen LogP contribution in [0.2, 0.25) is 0 Å². The number of oxime groups is 1. The topological polar surface area (TPSA) is 58.9 Å². The second-order valence-corrected chi connectivity index (χ2v) is 5.62. The van der Waals surface area contributed by atoms with E-state index in [1.165, 1.54) is 0 Å². The lowest BCUT2D eigenvalue weighted by Crippen LogP contribution is -2.15. The van der Waals surface area contributed by atoms with Crippen LogP contribution in [0.4, 0.5) is 0 Å². The van der Waals surface area contributed by atoms with Crippen molar-refractivity contribution in [3.63, 3.8) is 0 Å². The van der Waals surface area contributed by atoms with Crippen LogP contribution < -0.4 is 0 Å². The van der Waals surface area contributed by atoms with Crippen molar-refractivity contribution in [3.8, 4) is 0 Å². The molecular formula is C11H19NO3. The Kier molecular flexibility index (Phi) is 2.81. The zero-order chi connectivity index (χ0) is 11.9. The average molecular weight is 213 g/mol. The highest BCUT2D eigenvalue weighted by atomic mass is 16.6. The van der Waals surface area contributed by atoms with E-state index >= 15 is 0 Å². The fourth-order valence-corrected chi connectivity index (χ4v) is 1.68. The Morgan fingerprint density at radius 3 is 2.33 bits per heavy atom. The number of nitrogens with zero attached hydrogens (tertiary/aromatic N) is 1. The fraction of sp³-hybridized carbons (Fsp3) is 0.818. The van der Waals surface area contributed by atoms with Gasteiger partial charge in [-0.15, -0.1) is 0 Å². The highest BCUT2D eigenvalue weighted by Crippen LogP contribution is 2.57. The molecule has 4 heteroatoms. The molecule has 1 fully saturated rings. The summed E-state index contributed by atoms with van der Waals surface area (Å²) >= 11 is 0. The lowest BCUT2D eigenvalue weighted by atomic mass is 10.1. The van der Waals surface area contributed by atoms with Crippen LogP contribution >= 0.6 is 0 Å². The Hall–Kier alpha value is -1.06. The minimum absolute atomic E-state index is 0.0163. The smallest absolute Gasteiger partial charge is 0.307 e. The first-order valence-electron chi connectivity index (χ1n) is 5.11. The molecule has 1 rings (SSSR count). The zero-order valence-electron chi connectivity index (χ0n) is 9.94. The van der Waals surface area contributed by atoms with Crippen molar-refractivity contribution >= 4 is 12.2 Å². The molecule has 4 nitrogen and oxygen atoms in total. The third-order valence-electron chi connectivity index (χ3n) is 2.72. The van der Waals surface area contributed by atoms with E-state index < -0.39 is 5.97 Å². The van der Waals surface area contributed by atoms with Gasteiger partial charge in [0.25, 0.3) is 0 Å². The Labute approximate surface area is 90.3 Å². The number of carbonyl (C=O) groups is 1. The summed E-state index contributed by atoms with van der Waals surface area (Å²) < 4.78 is 0. The zero-order valence-corrected chi connectivity index (χ0v) is 9.94. The molecule has 0 bridgehead atoms. The molecule has 0 radical (unpaired) electrons. The van der Waals surface area contributed by atoms with Gasteiger partial charge in [0.1, 0.15) is 5.60 Å². The second-order valence-electron chi connectivity index (χ2n) is 5.62. The summed E-state index contributed by atoms with van der Waals surface area (Å²) in [6.45, 7) is 9.56. The Bertz CT molecular complexity index is 289. The first kappa shape index (κ1) is 12.0. The summed E-state index contributed by atoms with van der Waals surface area (Å²) in [5, 5.41) is 12.8. The molecule has 0 unspecified atom stereocenters. The van der Waals surface area contributed by atoms with E-state index in [-0.39, 0.29) is 22.9 Å². The molecule has 0 amide bonds. The predicted octanol–water partition coefficient (Wildman–Crippen LogP) is 2.14. The van der Waals surface area contributed by atoms with E-state index in [0.29, 0.717) is 0 Å². The maximum atomic E-state index is 10.8. The molecule has 1 aliphatic carbocycles. The van der Waals surface area contributed by atoms with Crippen molar-refractivity contribution in [1.82, 2.24) is 0 Å². The average Bonchev–Trinajstić information content (AvgIpc) is 2.50. The maximum absolute atomic E-state index is 10.8. The van der Waals surface area contributed by atoms with Gasteiger partial charge in [0.15, 0.2) is 0 Å². The van der Waals surface area contributed by atoms with Crippen LogP contribution in [0.5, 0.6) is 0 Å². The van der Waals surface area contributed by atoms with Gasteiger partial charge in [-0.05, 0) is 26.2 Å². The SMILES string of the molecule is CC(C)(C)ON=C[C@H]1[C@@H](C(=O)O)C1(C)C. The molecule has 0 saturated heterocycles. The highest BCUT2D eigenvalue weighted by molar-refractivity contribution is 5.84. The maximum Gasteiger partial charge on any atom is 0.307 e. The Morgan fingerprint density at radius 1 is 1.47 bits per heavy atom. The van der Waals surface area contributed by atoms with Crippen molar-refractivity contribution < 1.29 is 14.7 Å². The van der Waals surface area contributed by atoms with Crippen molar-refractivity contribution in [2.75, 3.05) is 0 Å². The van der Waals surface area contributed by atoms with E-state index in [9.17, 15) is 4.79 Å². The molecule has 15 heavy (non-hydrogen) atoms. The van der Waals surface area contributed by atoms with E-state index in [0.717, 1.165) is 0 Å². The first-order chi connectivity index (χ1) is 6.66.